The van der Waals surface area contributed by atoms with Crippen molar-refractivity contribution < 1.29 is 27.1 Å². The Balaban J connectivity index is 4.38. The van der Waals surface area contributed by atoms with Crippen molar-refractivity contribution in [2.24, 2.45) is 0 Å². The van der Waals surface area contributed by atoms with Crippen LogP contribution < -0.4 is 0 Å². The van der Waals surface area contributed by atoms with Crippen LogP contribution in [0, 0.1) is 0 Å². The second-order valence-electron chi connectivity index (χ2n) is 6.53. The molecule has 0 bridgehead atoms. The molecule has 0 rings (SSSR count). The molecule has 0 heterocycles. The zero-order chi connectivity index (χ0) is 18.6. The van der Waals surface area contributed by atoms with Crippen LogP contribution in [0.15, 0.2) is 0 Å². The molecule has 0 aromatic rings. The first kappa shape index (κ1) is 23.2. The number of halogens is 4. The van der Waals surface area contributed by atoms with Crippen molar-refractivity contribution in [1.82, 2.24) is 0 Å². The first-order chi connectivity index (χ1) is 11.2. The Kier molecular flexibility index (Phi) is 11.3. The van der Waals surface area contributed by atoms with Crippen molar-refractivity contribution in [3.63, 3.8) is 0 Å². The summed E-state index contributed by atoms with van der Waals surface area (Å²) < 4.78 is 58.1. The van der Waals surface area contributed by atoms with Crippen LogP contribution in [0.3, 0.4) is 0 Å². The third kappa shape index (κ3) is 8.34. The minimum absolute atomic E-state index is 0.0288. The van der Waals surface area contributed by atoms with Gasteiger partial charge in [0.05, 0.1) is 6.10 Å². The molecule has 144 valence electrons. The van der Waals surface area contributed by atoms with Gasteiger partial charge in [-0.15, -0.1) is 0 Å². The van der Waals surface area contributed by atoms with E-state index in [-0.39, 0.29) is 6.42 Å². The number of ether oxygens (including phenoxy) is 1. The number of carbonyl (C=O) groups excluding carboxylic acids is 1. The summed E-state index contributed by atoms with van der Waals surface area (Å²) in [5.41, 5.74) is -3.89. The molecule has 0 aliphatic heterocycles. The summed E-state index contributed by atoms with van der Waals surface area (Å²) >= 11 is 0. The smallest absolute Gasteiger partial charge is 0.433 e. The van der Waals surface area contributed by atoms with E-state index >= 15 is 0 Å². The van der Waals surface area contributed by atoms with E-state index in [2.05, 4.69) is 11.7 Å². The highest BCUT2D eigenvalue weighted by atomic mass is 19.4. The first-order valence-corrected chi connectivity index (χ1v) is 9.15. The van der Waals surface area contributed by atoms with Gasteiger partial charge in [0.1, 0.15) is 0 Å². The topological polar surface area (TPSA) is 26.3 Å². The summed E-state index contributed by atoms with van der Waals surface area (Å²) in [6, 6.07) is 0. The lowest BCUT2D eigenvalue weighted by Gasteiger charge is -2.27. The lowest BCUT2D eigenvalue weighted by Crippen LogP contribution is -2.50. The fraction of sp³-hybridized carbons (Fsp3) is 0.944. The fourth-order valence-corrected chi connectivity index (χ4v) is 2.60. The molecule has 2 nitrogen and oxygen atoms in total. The van der Waals surface area contributed by atoms with Crippen LogP contribution in [0.5, 0.6) is 0 Å². The molecule has 0 saturated heterocycles. The minimum atomic E-state index is -5.24. The Morgan fingerprint density at radius 3 is 1.83 bits per heavy atom. The zero-order valence-corrected chi connectivity index (χ0v) is 15.2. The SMILES string of the molecule is CCCCCCCCCCC(F)(C(=O)OC(C)CCC)C(F)(F)F. The van der Waals surface area contributed by atoms with Crippen LogP contribution in [0.2, 0.25) is 0 Å². The van der Waals surface area contributed by atoms with E-state index in [4.69, 9.17) is 0 Å². The van der Waals surface area contributed by atoms with Crippen molar-refractivity contribution in [2.75, 3.05) is 0 Å². The predicted molar refractivity (Wildman–Crippen MR) is 87.6 cm³/mol. The molecule has 0 N–H and O–H groups in total. The van der Waals surface area contributed by atoms with Gasteiger partial charge in [0.2, 0.25) is 0 Å². The predicted octanol–water partition coefficient (Wildman–Crippen LogP) is 6.52. The van der Waals surface area contributed by atoms with Gasteiger partial charge < -0.3 is 4.74 Å². The van der Waals surface area contributed by atoms with Gasteiger partial charge in [-0.3, -0.25) is 0 Å². The van der Waals surface area contributed by atoms with E-state index in [0.717, 1.165) is 38.5 Å². The summed E-state index contributed by atoms with van der Waals surface area (Å²) in [7, 11) is 0. The maximum atomic E-state index is 14.4. The van der Waals surface area contributed by atoms with Crippen LogP contribution in [0.1, 0.15) is 91.4 Å². The van der Waals surface area contributed by atoms with Crippen molar-refractivity contribution >= 4 is 5.97 Å². The number of rotatable bonds is 13. The monoisotopic (exact) mass is 356 g/mol. The van der Waals surface area contributed by atoms with Gasteiger partial charge in [0.25, 0.3) is 0 Å². The average molecular weight is 356 g/mol. The van der Waals surface area contributed by atoms with Crippen molar-refractivity contribution in [2.45, 2.75) is 109 Å². The standard InChI is InChI=1S/C18H32F4O2/c1-4-6-7-8-9-10-11-12-14-17(19,18(20,21)22)16(23)24-15(3)13-5-2/h15H,4-14H2,1-3H3. The lowest BCUT2D eigenvalue weighted by atomic mass is 9.96. The molecule has 0 amide bonds. The summed E-state index contributed by atoms with van der Waals surface area (Å²) in [6.45, 7) is 5.41. The Labute approximate surface area is 143 Å². The molecule has 0 fully saturated rings. The van der Waals surface area contributed by atoms with Crippen LogP contribution >= 0.6 is 0 Å². The van der Waals surface area contributed by atoms with Gasteiger partial charge in [0, 0.05) is 6.42 Å². The zero-order valence-electron chi connectivity index (χ0n) is 15.2. The van der Waals surface area contributed by atoms with Gasteiger partial charge in [-0.1, -0.05) is 65.2 Å². The normalized spacial score (nSPS) is 15.8. The van der Waals surface area contributed by atoms with Gasteiger partial charge in [-0.05, 0) is 19.8 Å². The number of hydrogen-bond donors (Lipinski definition) is 0. The molecule has 0 radical (unpaired) electrons. The summed E-state index contributed by atoms with van der Waals surface area (Å²) in [6.07, 6.45) is 0.930. The summed E-state index contributed by atoms with van der Waals surface area (Å²) in [5, 5.41) is 0. The van der Waals surface area contributed by atoms with Crippen molar-refractivity contribution in [1.29, 1.82) is 0 Å². The Morgan fingerprint density at radius 2 is 1.38 bits per heavy atom. The molecule has 0 spiro atoms. The molecule has 0 aromatic carbocycles. The Hall–Kier alpha value is -0.810. The van der Waals surface area contributed by atoms with Crippen LogP contribution in [0.25, 0.3) is 0 Å². The van der Waals surface area contributed by atoms with E-state index in [1.807, 2.05) is 6.92 Å². The largest absolute Gasteiger partial charge is 0.460 e. The second-order valence-corrected chi connectivity index (χ2v) is 6.53. The second kappa shape index (κ2) is 11.7. The molecule has 0 aliphatic carbocycles. The summed E-state index contributed by atoms with van der Waals surface area (Å²) in [5.74, 6) is -1.79. The molecule has 24 heavy (non-hydrogen) atoms. The molecule has 0 aliphatic rings. The molecule has 6 heteroatoms. The lowest BCUT2D eigenvalue weighted by molar-refractivity contribution is -0.243. The van der Waals surface area contributed by atoms with Crippen molar-refractivity contribution in [3.8, 4) is 0 Å². The molecule has 0 aromatic heterocycles. The van der Waals surface area contributed by atoms with Gasteiger partial charge in [-0.2, -0.15) is 13.2 Å². The number of unbranched alkanes of at least 4 members (excludes halogenated alkanes) is 7. The number of alkyl halides is 4. The van der Waals surface area contributed by atoms with Gasteiger partial charge in [0.15, 0.2) is 0 Å². The average Bonchev–Trinajstić information content (AvgIpc) is 2.48. The minimum Gasteiger partial charge on any atom is -0.460 e. The number of esters is 1. The summed E-state index contributed by atoms with van der Waals surface area (Å²) in [4.78, 5) is 11.7. The highest BCUT2D eigenvalue weighted by molar-refractivity contribution is 5.80. The molecule has 2 unspecified atom stereocenters. The van der Waals surface area contributed by atoms with E-state index in [9.17, 15) is 22.4 Å². The van der Waals surface area contributed by atoms with Crippen LogP contribution in [-0.4, -0.2) is 23.9 Å². The highest BCUT2D eigenvalue weighted by Gasteiger charge is 2.62. The Morgan fingerprint density at radius 1 is 0.875 bits per heavy atom. The highest BCUT2D eigenvalue weighted by Crippen LogP contribution is 2.39. The van der Waals surface area contributed by atoms with E-state index < -0.39 is 30.3 Å². The third-order valence-electron chi connectivity index (χ3n) is 4.15. The van der Waals surface area contributed by atoms with Crippen molar-refractivity contribution in [3.05, 3.63) is 0 Å². The molecule has 2 atom stereocenters. The maximum Gasteiger partial charge on any atom is 0.433 e. The third-order valence-corrected chi connectivity index (χ3v) is 4.15. The maximum absolute atomic E-state index is 14.4. The number of hydrogen-bond acceptors (Lipinski definition) is 2. The van der Waals surface area contributed by atoms with Crippen LogP contribution in [0.4, 0.5) is 17.6 Å². The van der Waals surface area contributed by atoms with Crippen LogP contribution in [-0.2, 0) is 9.53 Å². The van der Waals surface area contributed by atoms with Gasteiger partial charge >= 0.3 is 17.8 Å². The fourth-order valence-electron chi connectivity index (χ4n) is 2.60. The quantitative estimate of drug-likeness (QED) is 0.213. The van der Waals surface area contributed by atoms with E-state index in [1.54, 1.807) is 0 Å². The molecular formula is C18H32F4O2. The Bertz CT molecular complexity index is 344. The molecular weight excluding hydrogens is 324 g/mol. The molecule has 0 saturated carbocycles. The van der Waals surface area contributed by atoms with Gasteiger partial charge in [-0.25, -0.2) is 9.18 Å². The van der Waals surface area contributed by atoms with E-state index in [1.165, 1.54) is 6.92 Å². The first-order valence-electron chi connectivity index (χ1n) is 9.15. The van der Waals surface area contributed by atoms with E-state index in [0.29, 0.717) is 19.3 Å². The number of carbonyl (C=O) groups is 1.